The summed E-state index contributed by atoms with van der Waals surface area (Å²) in [6.45, 7) is 0. The standard InChI is InChI=1S/C12H14N2S2/c15-7-13-11-2-9-1-10(4-11)5-12(3-9,6-11)14-8-16/h9-10H,1-6H2. The van der Waals surface area contributed by atoms with Crippen molar-refractivity contribution < 1.29 is 0 Å². The lowest BCUT2D eigenvalue weighted by atomic mass is 9.50. The lowest BCUT2D eigenvalue weighted by molar-refractivity contribution is -0.0141. The molecule has 0 spiro atoms. The van der Waals surface area contributed by atoms with Crippen molar-refractivity contribution in [3.8, 4) is 0 Å². The molecular formula is C12H14N2S2. The number of isothiocyanates is 2. The van der Waals surface area contributed by atoms with Gasteiger partial charge in [0.15, 0.2) is 0 Å². The van der Waals surface area contributed by atoms with Crippen LogP contribution in [0, 0.1) is 11.8 Å². The number of thiocarbonyl (C=S) groups is 2. The van der Waals surface area contributed by atoms with Crippen LogP contribution in [0.1, 0.15) is 38.5 Å². The molecule has 0 atom stereocenters. The van der Waals surface area contributed by atoms with E-state index < -0.39 is 0 Å². The molecule has 0 radical (unpaired) electrons. The highest BCUT2D eigenvalue weighted by atomic mass is 32.1. The highest BCUT2D eigenvalue weighted by Gasteiger charge is 2.58. The van der Waals surface area contributed by atoms with E-state index in [-0.39, 0.29) is 11.1 Å². The maximum atomic E-state index is 4.80. The van der Waals surface area contributed by atoms with Crippen molar-refractivity contribution in [2.24, 2.45) is 21.8 Å². The molecule has 0 amide bonds. The second-order valence-electron chi connectivity index (χ2n) is 5.82. The topological polar surface area (TPSA) is 24.7 Å². The molecule has 4 saturated carbocycles. The SMILES string of the molecule is S=C=NC12CC3CC(C1)CC(N=C=S)(C3)C2. The highest BCUT2D eigenvalue weighted by molar-refractivity contribution is 7.78. The largest absolute Gasteiger partial charge is 0.226 e. The summed E-state index contributed by atoms with van der Waals surface area (Å²) < 4.78 is 0. The number of rotatable bonds is 2. The van der Waals surface area contributed by atoms with Crippen LogP contribution in [0.4, 0.5) is 0 Å². The van der Waals surface area contributed by atoms with Gasteiger partial charge in [-0.15, -0.1) is 0 Å². The quantitative estimate of drug-likeness (QED) is 0.555. The fourth-order valence-electron chi connectivity index (χ4n) is 4.62. The Balaban J connectivity index is 2.02. The lowest BCUT2D eigenvalue weighted by Gasteiger charge is -2.58. The van der Waals surface area contributed by atoms with E-state index in [1.54, 1.807) is 0 Å². The molecule has 16 heavy (non-hydrogen) atoms. The summed E-state index contributed by atoms with van der Waals surface area (Å²) in [5.74, 6) is 1.53. The van der Waals surface area contributed by atoms with Gasteiger partial charge in [-0.05, 0) is 74.8 Å². The van der Waals surface area contributed by atoms with Crippen LogP contribution in [-0.2, 0) is 0 Å². The van der Waals surface area contributed by atoms with E-state index >= 15 is 0 Å². The Labute approximate surface area is 106 Å². The van der Waals surface area contributed by atoms with Gasteiger partial charge < -0.3 is 0 Å². The smallest absolute Gasteiger partial charge is 0.0739 e. The van der Waals surface area contributed by atoms with E-state index in [2.05, 4.69) is 20.3 Å². The second-order valence-corrected chi connectivity index (χ2v) is 6.18. The third-order valence-corrected chi connectivity index (χ3v) is 4.75. The van der Waals surface area contributed by atoms with Crippen molar-refractivity contribution in [2.45, 2.75) is 49.6 Å². The minimum atomic E-state index is 0.0432. The number of nitrogens with zero attached hydrogens (tertiary/aromatic N) is 2. The van der Waals surface area contributed by atoms with E-state index in [4.69, 9.17) is 24.4 Å². The zero-order chi connectivity index (χ0) is 11.2. The third-order valence-electron chi connectivity index (χ3n) is 4.56. The van der Waals surface area contributed by atoms with Crippen molar-refractivity contribution in [3.05, 3.63) is 0 Å². The van der Waals surface area contributed by atoms with Crippen molar-refractivity contribution >= 4 is 34.8 Å². The number of hydrogen-bond acceptors (Lipinski definition) is 4. The van der Waals surface area contributed by atoms with E-state index in [9.17, 15) is 0 Å². The van der Waals surface area contributed by atoms with Crippen LogP contribution in [0.15, 0.2) is 9.98 Å². The van der Waals surface area contributed by atoms with Crippen LogP contribution in [0.2, 0.25) is 0 Å². The number of aliphatic imine (C=N–C) groups is 2. The first-order chi connectivity index (χ1) is 7.69. The lowest BCUT2D eigenvalue weighted by Crippen LogP contribution is -2.57. The van der Waals surface area contributed by atoms with Gasteiger partial charge in [-0.3, -0.25) is 0 Å². The summed E-state index contributed by atoms with van der Waals surface area (Å²) in [6, 6.07) is 0. The first-order valence-electron chi connectivity index (χ1n) is 5.87. The molecular weight excluding hydrogens is 236 g/mol. The minimum Gasteiger partial charge on any atom is -0.226 e. The first kappa shape index (κ1) is 10.7. The van der Waals surface area contributed by atoms with E-state index in [1.807, 2.05) is 0 Å². The van der Waals surface area contributed by atoms with Crippen molar-refractivity contribution in [2.75, 3.05) is 0 Å². The molecule has 0 N–H and O–H groups in total. The summed E-state index contributed by atoms with van der Waals surface area (Å²) >= 11 is 9.61. The van der Waals surface area contributed by atoms with Gasteiger partial charge in [0.05, 0.1) is 21.4 Å². The van der Waals surface area contributed by atoms with Crippen LogP contribution >= 0.6 is 24.4 Å². The molecule has 4 bridgehead atoms. The van der Waals surface area contributed by atoms with Gasteiger partial charge in [-0.2, -0.15) is 0 Å². The van der Waals surface area contributed by atoms with E-state index in [1.165, 1.54) is 32.1 Å². The van der Waals surface area contributed by atoms with Gasteiger partial charge in [-0.25, -0.2) is 9.98 Å². The zero-order valence-corrected chi connectivity index (χ0v) is 10.7. The molecule has 4 fully saturated rings. The molecule has 0 heterocycles. The average Bonchev–Trinajstić information content (AvgIpc) is 2.14. The second kappa shape index (κ2) is 3.54. The summed E-state index contributed by atoms with van der Waals surface area (Å²) in [7, 11) is 0. The summed E-state index contributed by atoms with van der Waals surface area (Å²) in [5.41, 5.74) is 0.0863. The summed E-state index contributed by atoms with van der Waals surface area (Å²) in [5, 5.41) is 5.21. The summed E-state index contributed by atoms with van der Waals surface area (Å²) in [4.78, 5) is 8.97. The monoisotopic (exact) mass is 250 g/mol. The molecule has 0 aromatic rings. The van der Waals surface area contributed by atoms with Crippen molar-refractivity contribution in [1.29, 1.82) is 0 Å². The van der Waals surface area contributed by atoms with Crippen LogP contribution in [0.5, 0.6) is 0 Å². The van der Waals surface area contributed by atoms with E-state index in [0.29, 0.717) is 0 Å². The van der Waals surface area contributed by atoms with E-state index in [0.717, 1.165) is 18.3 Å². The molecule has 84 valence electrons. The fourth-order valence-corrected chi connectivity index (χ4v) is 5.01. The van der Waals surface area contributed by atoms with Crippen LogP contribution in [-0.4, -0.2) is 21.4 Å². The van der Waals surface area contributed by atoms with Crippen molar-refractivity contribution in [3.63, 3.8) is 0 Å². The third kappa shape index (κ3) is 1.53. The molecule has 4 aliphatic rings. The fraction of sp³-hybridized carbons (Fsp3) is 0.833. The Morgan fingerprint density at radius 1 is 0.875 bits per heavy atom. The molecule has 0 aromatic heterocycles. The Morgan fingerprint density at radius 3 is 1.69 bits per heavy atom. The van der Waals surface area contributed by atoms with Crippen LogP contribution in [0.25, 0.3) is 0 Å². The maximum absolute atomic E-state index is 4.80. The van der Waals surface area contributed by atoms with Gasteiger partial charge in [0.1, 0.15) is 0 Å². The minimum absolute atomic E-state index is 0.0432. The van der Waals surface area contributed by atoms with Gasteiger partial charge in [0, 0.05) is 0 Å². The molecule has 0 aliphatic heterocycles. The average molecular weight is 250 g/mol. The number of hydrogen-bond donors (Lipinski definition) is 0. The van der Waals surface area contributed by atoms with Gasteiger partial charge in [-0.1, -0.05) is 0 Å². The molecule has 0 saturated heterocycles. The molecule has 4 rings (SSSR count). The first-order valence-corrected chi connectivity index (χ1v) is 6.69. The Morgan fingerprint density at radius 2 is 1.31 bits per heavy atom. The predicted molar refractivity (Wildman–Crippen MR) is 70.2 cm³/mol. The zero-order valence-electron chi connectivity index (χ0n) is 9.11. The molecule has 0 unspecified atom stereocenters. The van der Waals surface area contributed by atoms with Gasteiger partial charge >= 0.3 is 0 Å². The van der Waals surface area contributed by atoms with Gasteiger partial charge in [0.2, 0.25) is 0 Å². The van der Waals surface area contributed by atoms with Gasteiger partial charge in [0.25, 0.3) is 0 Å². The highest BCUT2D eigenvalue weighted by Crippen LogP contribution is 2.60. The summed E-state index contributed by atoms with van der Waals surface area (Å²) in [6.07, 6.45) is 7.09. The Bertz CT molecular complexity index is 369. The normalized spacial score (nSPS) is 48.2. The molecule has 4 aliphatic carbocycles. The van der Waals surface area contributed by atoms with Crippen LogP contribution < -0.4 is 0 Å². The predicted octanol–water partition coefficient (Wildman–Crippen LogP) is 3.28. The Kier molecular flexibility index (Phi) is 2.38. The molecule has 2 nitrogen and oxygen atoms in total. The van der Waals surface area contributed by atoms with Crippen LogP contribution in [0.3, 0.4) is 0 Å². The van der Waals surface area contributed by atoms with Crippen molar-refractivity contribution in [1.82, 2.24) is 0 Å². The molecule has 4 heteroatoms. The molecule has 0 aromatic carbocycles. The Hall–Kier alpha value is -0.400. The maximum Gasteiger partial charge on any atom is 0.0739 e.